The number of rotatable bonds is 5. The molecule has 0 bridgehead atoms. The van der Waals surface area contributed by atoms with E-state index in [1.54, 1.807) is 24.3 Å². The van der Waals surface area contributed by atoms with Crippen molar-refractivity contribution in [2.75, 3.05) is 26.4 Å². The van der Waals surface area contributed by atoms with E-state index in [1.165, 1.54) is 0 Å². The number of ether oxygens (including phenoxy) is 2. The average molecular weight is 222 g/mol. The van der Waals surface area contributed by atoms with Crippen LogP contribution in [0, 0.1) is 5.41 Å². The number of carbonyl (C=O) groups is 1. The molecule has 4 nitrogen and oxygen atoms in total. The van der Waals surface area contributed by atoms with Gasteiger partial charge in [-0.05, 0) is 24.3 Å². The minimum absolute atomic E-state index is 0.0689. The molecule has 0 aromatic heterocycles. The van der Waals surface area contributed by atoms with E-state index in [1.807, 2.05) is 0 Å². The molecule has 0 atom stereocenters. The number of aliphatic hydroxyl groups is 1. The van der Waals surface area contributed by atoms with Crippen LogP contribution < -0.4 is 4.74 Å². The van der Waals surface area contributed by atoms with Crippen molar-refractivity contribution >= 4 is 6.29 Å². The minimum Gasteiger partial charge on any atom is -0.493 e. The SMILES string of the molecule is O=Cc1ccc(OCC2(CO)COC2)cc1. The minimum atomic E-state index is -0.247. The van der Waals surface area contributed by atoms with Crippen LogP contribution in [-0.4, -0.2) is 37.8 Å². The van der Waals surface area contributed by atoms with Crippen LogP contribution in [0.5, 0.6) is 5.75 Å². The first-order valence-electron chi connectivity index (χ1n) is 5.15. The van der Waals surface area contributed by atoms with Gasteiger partial charge in [0.2, 0.25) is 0 Å². The Hall–Kier alpha value is -1.39. The van der Waals surface area contributed by atoms with Crippen LogP contribution >= 0.6 is 0 Å². The lowest BCUT2D eigenvalue weighted by Gasteiger charge is -2.39. The van der Waals surface area contributed by atoms with Crippen LogP contribution in [0.4, 0.5) is 0 Å². The molecule has 0 spiro atoms. The Kier molecular flexibility index (Phi) is 3.22. The summed E-state index contributed by atoms with van der Waals surface area (Å²) in [7, 11) is 0. The number of aliphatic hydroxyl groups excluding tert-OH is 1. The van der Waals surface area contributed by atoms with Gasteiger partial charge in [-0.3, -0.25) is 4.79 Å². The van der Waals surface area contributed by atoms with E-state index in [4.69, 9.17) is 9.47 Å². The first kappa shape index (κ1) is 11.1. The van der Waals surface area contributed by atoms with Crippen LogP contribution in [0.3, 0.4) is 0 Å². The van der Waals surface area contributed by atoms with E-state index in [2.05, 4.69) is 0 Å². The second kappa shape index (κ2) is 4.63. The van der Waals surface area contributed by atoms with Crippen molar-refractivity contribution < 1.29 is 19.4 Å². The third-order valence-corrected chi connectivity index (χ3v) is 2.71. The molecule has 0 aliphatic carbocycles. The van der Waals surface area contributed by atoms with Crippen LogP contribution in [0.15, 0.2) is 24.3 Å². The molecule has 4 heteroatoms. The van der Waals surface area contributed by atoms with Gasteiger partial charge in [-0.1, -0.05) is 0 Å². The van der Waals surface area contributed by atoms with Gasteiger partial charge in [0.05, 0.1) is 25.2 Å². The molecule has 1 saturated heterocycles. The average Bonchev–Trinajstić information content (AvgIpc) is 2.29. The van der Waals surface area contributed by atoms with E-state index in [0.717, 1.165) is 6.29 Å². The van der Waals surface area contributed by atoms with E-state index in [9.17, 15) is 9.90 Å². The Morgan fingerprint density at radius 1 is 1.38 bits per heavy atom. The predicted octanol–water partition coefficient (Wildman–Crippen LogP) is 0.887. The van der Waals surface area contributed by atoms with Crippen molar-refractivity contribution in [1.29, 1.82) is 0 Å². The largest absolute Gasteiger partial charge is 0.493 e. The summed E-state index contributed by atoms with van der Waals surface area (Å²) in [6.45, 7) is 1.58. The summed E-state index contributed by atoms with van der Waals surface area (Å²) in [6.07, 6.45) is 0.790. The van der Waals surface area contributed by atoms with Crippen molar-refractivity contribution in [3.63, 3.8) is 0 Å². The highest BCUT2D eigenvalue weighted by Crippen LogP contribution is 2.27. The second-order valence-electron chi connectivity index (χ2n) is 4.13. The summed E-state index contributed by atoms with van der Waals surface area (Å²) in [5, 5.41) is 9.19. The molecule has 1 aliphatic rings. The summed E-state index contributed by atoms with van der Waals surface area (Å²) in [4.78, 5) is 10.4. The first-order valence-corrected chi connectivity index (χ1v) is 5.15. The topological polar surface area (TPSA) is 55.8 Å². The van der Waals surface area contributed by atoms with Crippen LogP contribution in [0.25, 0.3) is 0 Å². The number of hydrogen-bond donors (Lipinski definition) is 1. The van der Waals surface area contributed by atoms with Gasteiger partial charge in [-0.2, -0.15) is 0 Å². The first-order chi connectivity index (χ1) is 7.78. The van der Waals surface area contributed by atoms with E-state index >= 15 is 0 Å². The van der Waals surface area contributed by atoms with Gasteiger partial charge in [-0.25, -0.2) is 0 Å². The summed E-state index contributed by atoms with van der Waals surface area (Å²) < 4.78 is 10.6. The quantitative estimate of drug-likeness (QED) is 0.752. The van der Waals surface area contributed by atoms with Crippen molar-refractivity contribution in [2.24, 2.45) is 5.41 Å². The molecule has 1 fully saturated rings. The Morgan fingerprint density at radius 2 is 2.06 bits per heavy atom. The van der Waals surface area contributed by atoms with E-state index in [-0.39, 0.29) is 12.0 Å². The zero-order valence-corrected chi connectivity index (χ0v) is 8.89. The third kappa shape index (κ3) is 2.23. The van der Waals surface area contributed by atoms with E-state index in [0.29, 0.717) is 31.1 Å². The maximum absolute atomic E-state index is 10.4. The Balaban J connectivity index is 1.91. The van der Waals surface area contributed by atoms with Crippen molar-refractivity contribution in [3.8, 4) is 5.75 Å². The van der Waals surface area contributed by atoms with Gasteiger partial charge >= 0.3 is 0 Å². The van der Waals surface area contributed by atoms with E-state index < -0.39 is 0 Å². The highest BCUT2D eigenvalue weighted by Gasteiger charge is 2.39. The molecular formula is C12H14O4. The van der Waals surface area contributed by atoms with Crippen LogP contribution in [0.2, 0.25) is 0 Å². The van der Waals surface area contributed by atoms with Gasteiger partial charge in [0, 0.05) is 5.56 Å². The molecule has 0 amide bonds. The summed E-state index contributed by atoms with van der Waals surface area (Å²) in [5.74, 6) is 0.699. The lowest BCUT2D eigenvalue weighted by Crippen LogP contribution is -2.49. The maximum atomic E-state index is 10.4. The van der Waals surface area contributed by atoms with Gasteiger partial charge in [0.15, 0.2) is 0 Å². The molecule has 0 saturated carbocycles. The molecule has 1 aliphatic heterocycles. The summed E-state index contributed by atoms with van der Waals surface area (Å²) in [5.41, 5.74) is 0.375. The molecule has 1 aromatic carbocycles. The molecule has 86 valence electrons. The smallest absolute Gasteiger partial charge is 0.150 e. The number of aldehydes is 1. The fraction of sp³-hybridized carbons (Fsp3) is 0.417. The van der Waals surface area contributed by atoms with Crippen molar-refractivity contribution in [1.82, 2.24) is 0 Å². The van der Waals surface area contributed by atoms with Gasteiger partial charge in [-0.15, -0.1) is 0 Å². The van der Waals surface area contributed by atoms with Gasteiger partial charge in [0.1, 0.15) is 18.6 Å². The Bertz CT molecular complexity index is 348. The zero-order chi connectivity index (χ0) is 11.4. The molecule has 1 aromatic rings. The molecule has 1 N–H and O–H groups in total. The van der Waals surface area contributed by atoms with Crippen molar-refractivity contribution in [3.05, 3.63) is 29.8 Å². The molecule has 16 heavy (non-hydrogen) atoms. The van der Waals surface area contributed by atoms with Crippen LogP contribution in [-0.2, 0) is 4.74 Å². The monoisotopic (exact) mass is 222 g/mol. The lowest BCUT2D eigenvalue weighted by molar-refractivity contribution is -0.153. The maximum Gasteiger partial charge on any atom is 0.150 e. The fourth-order valence-electron chi connectivity index (χ4n) is 1.49. The molecule has 0 unspecified atom stereocenters. The standard InChI is InChI=1S/C12H14O4/c13-5-10-1-3-11(4-2-10)16-9-12(6-14)7-15-8-12/h1-5,14H,6-9H2. The lowest BCUT2D eigenvalue weighted by atomic mass is 9.88. The number of hydrogen-bond acceptors (Lipinski definition) is 4. The predicted molar refractivity (Wildman–Crippen MR) is 57.7 cm³/mol. The summed E-state index contributed by atoms with van der Waals surface area (Å²) in [6, 6.07) is 6.89. The Labute approximate surface area is 93.8 Å². The molecular weight excluding hydrogens is 208 g/mol. The second-order valence-corrected chi connectivity index (χ2v) is 4.13. The number of benzene rings is 1. The van der Waals surface area contributed by atoms with Crippen molar-refractivity contribution in [2.45, 2.75) is 0 Å². The zero-order valence-electron chi connectivity index (χ0n) is 8.89. The van der Waals surface area contributed by atoms with Gasteiger partial charge < -0.3 is 14.6 Å². The van der Waals surface area contributed by atoms with Gasteiger partial charge in [0.25, 0.3) is 0 Å². The Morgan fingerprint density at radius 3 is 2.50 bits per heavy atom. The molecule has 0 radical (unpaired) electrons. The number of carbonyl (C=O) groups excluding carboxylic acids is 1. The highest BCUT2D eigenvalue weighted by molar-refractivity contribution is 5.74. The highest BCUT2D eigenvalue weighted by atomic mass is 16.5. The third-order valence-electron chi connectivity index (χ3n) is 2.71. The normalized spacial score (nSPS) is 17.6. The van der Waals surface area contributed by atoms with Crippen LogP contribution in [0.1, 0.15) is 10.4 Å². The molecule has 2 rings (SSSR count). The fourth-order valence-corrected chi connectivity index (χ4v) is 1.49. The molecule has 1 heterocycles. The summed E-state index contributed by atoms with van der Waals surface area (Å²) >= 11 is 0.